The Kier molecular flexibility index (Phi) is 5.17. The van der Waals surface area contributed by atoms with Crippen LogP contribution in [0.25, 0.3) is 0 Å². The molecular weight excluding hydrogens is 336 g/mol. The van der Waals surface area contributed by atoms with Gasteiger partial charge in [-0.2, -0.15) is 0 Å². The summed E-state index contributed by atoms with van der Waals surface area (Å²) in [7, 11) is 1.07. The Morgan fingerprint density at radius 1 is 0.846 bits per heavy atom. The zero-order valence-electron chi connectivity index (χ0n) is 13.9. The van der Waals surface area contributed by atoms with Gasteiger partial charge in [0.1, 0.15) is 17.2 Å². The fourth-order valence-electron chi connectivity index (χ4n) is 2.54. The first kappa shape index (κ1) is 17.5. The number of methoxy groups -OCH3 is 1. The molecule has 0 aliphatic heterocycles. The number of benzene rings is 3. The van der Waals surface area contributed by atoms with Crippen molar-refractivity contribution in [2.75, 3.05) is 7.11 Å². The van der Waals surface area contributed by atoms with E-state index in [9.17, 15) is 13.6 Å². The van der Waals surface area contributed by atoms with Gasteiger partial charge < -0.3 is 4.74 Å². The van der Waals surface area contributed by atoms with Gasteiger partial charge in [0.25, 0.3) is 0 Å². The van der Waals surface area contributed by atoms with Crippen molar-refractivity contribution in [3.63, 3.8) is 0 Å². The number of ether oxygens (including phenoxy) is 1. The summed E-state index contributed by atoms with van der Waals surface area (Å²) < 4.78 is 32.8. The van der Waals surface area contributed by atoms with Gasteiger partial charge in [0.05, 0.1) is 18.5 Å². The molecule has 0 atom stereocenters. The van der Waals surface area contributed by atoms with Crippen LogP contribution >= 0.6 is 0 Å². The molecule has 3 rings (SSSR count). The molecule has 0 bridgehead atoms. The first-order chi connectivity index (χ1) is 12.6. The number of hydrogen-bond donors (Lipinski definition) is 0. The van der Waals surface area contributed by atoms with Gasteiger partial charge in [-0.05, 0) is 0 Å². The first-order valence-electron chi connectivity index (χ1n) is 7.87. The predicted molar refractivity (Wildman–Crippen MR) is 95.9 cm³/mol. The lowest BCUT2D eigenvalue weighted by Crippen LogP contribution is -2.08. The molecular formula is C21H15F2NO2. The van der Waals surface area contributed by atoms with Crippen LogP contribution in [0.4, 0.5) is 14.5 Å². The predicted octanol–water partition coefficient (Wildman–Crippen LogP) is 4.92. The Labute approximate surface area is 149 Å². The van der Waals surface area contributed by atoms with Crippen molar-refractivity contribution in [1.82, 2.24) is 0 Å². The van der Waals surface area contributed by atoms with Gasteiger partial charge >= 0.3 is 5.97 Å². The highest BCUT2D eigenvalue weighted by atomic mass is 19.1. The van der Waals surface area contributed by atoms with Crippen LogP contribution in [0.2, 0.25) is 0 Å². The molecule has 3 aromatic rings. The fourth-order valence-corrected chi connectivity index (χ4v) is 2.54. The lowest BCUT2D eigenvalue weighted by molar-refractivity contribution is 0.0590. The topological polar surface area (TPSA) is 38.7 Å². The zero-order chi connectivity index (χ0) is 18.5. The van der Waals surface area contributed by atoms with Crippen molar-refractivity contribution in [2.24, 2.45) is 4.99 Å². The molecule has 3 nitrogen and oxygen atoms in total. The third-order valence-corrected chi connectivity index (χ3v) is 3.75. The molecule has 0 aliphatic rings. The maximum atomic E-state index is 14.2. The average molecular weight is 351 g/mol. The maximum absolute atomic E-state index is 14.2. The second-order valence-corrected chi connectivity index (χ2v) is 5.47. The molecule has 0 amide bonds. The van der Waals surface area contributed by atoms with Crippen molar-refractivity contribution >= 4 is 17.4 Å². The van der Waals surface area contributed by atoms with Crippen molar-refractivity contribution in [2.45, 2.75) is 0 Å². The van der Waals surface area contributed by atoms with Crippen LogP contribution in [0.5, 0.6) is 0 Å². The summed E-state index contributed by atoms with van der Waals surface area (Å²) >= 11 is 0. The van der Waals surface area contributed by atoms with E-state index in [0.717, 1.165) is 30.4 Å². The Balaban J connectivity index is 2.14. The van der Waals surface area contributed by atoms with Crippen LogP contribution in [-0.2, 0) is 4.74 Å². The van der Waals surface area contributed by atoms with E-state index in [1.165, 1.54) is 0 Å². The van der Waals surface area contributed by atoms with E-state index in [-0.39, 0.29) is 5.69 Å². The smallest absolute Gasteiger partial charge is 0.343 e. The van der Waals surface area contributed by atoms with Crippen LogP contribution in [0.15, 0.2) is 77.8 Å². The second-order valence-electron chi connectivity index (χ2n) is 5.47. The molecule has 130 valence electrons. The van der Waals surface area contributed by atoms with E-state index in [2.05, 4.69) is 9.73 Å². The molecule has 26 heavy (non-hydrogen) atoms. The molecule has 0 saturated carbocycles. The summed E-state index contributed by atoms with van der Waals surface area (Å²) in [5.74, 6) is -3.10. The van der Waals surface area contributed by atoms with Gasteiger partial charge in [-0.15, -0.1) is 0 Å². The van der Waals surface area contributed by atoms with E-state index in [4.69, 9.17) is 0 Å². The third kappa shape index (κ3) is 3.67. The first-order valence-corrected chi connectivity index (χ1v) is 7.87. The number of nitrogens with zero attached hydrogens (tertiary/aromatic N) is 1. The summed E-state index contributed by atoms with van der Waals surface area (Å²) in [5.41, 5.74) is 1.51. The largest absolute Gasteiger partial charge is 0.465 e. The van der Waals surface area contributed by atoms with E-state index in [0.29, 0.717) is 5.71 Å². The quantitative estimate of drug-likeness (QED) is 0.494. The van der Waals surface area contributed by atoms with E-state index >= 15 is 0 Å². The molecule has 0 fully saturated rings. The minimum Gasteiger partial charge on any atom is -0.465 e. The molecule has 5 heteroatoms. The van der Waals surface area contributed by atoms with Gasteiger partial charge in [-0.1, -0.05) is 60.7 Å². The minimum atomic E-state index is -1.07. The summed E-state index contributed by atoms with van der Waals surface area (Å²) in [6.45, 7) is 0. The van der Waals surface area contributed by atoms with Gasteiger partial charge in [-0.25, -0.2) is 18.6 Å². The highest BCUT2D eigenvalue weighted by molar-refractivity contribution is 6.14. The monoisotopic (exact) mass is 351 g/mol. The third-order valence-electron chi connectivity index (χ3n) is 3.75. The molecule has 0 aliphatic carbocycles. The molecule has 0 aromatic heterocycles. The van der Waals surface area contributed by atoms with Crippen LogP contribution in [0, 0.1) is 11.6 Å². The number of hydrogen-bond acceptors (Lipinski definition) is 3. The van der Waals surface area contributed by atoms with Gasteiger partial charge in [-0.3, -0.25) is 0 Å². The molecule has 0 N–H and O–H groups in total. The Morgan fingerprint density at radius 3 is 1.73 bits per heavy atom. The SMILES string of the molecule is COC(=O)c1c(F)cc(N=C(c2ccccc2)c2ccccc2)cc1F. The Bertz CT molecular complexity index is 890. The molecule has 0 radical (unpaired) electrons. The van der Waals surface area contributed by atoms with E-state index < -0.39 is 23.2 Å². The minimum absolute atomic E-state index is 0.0651. The van der Waals surface area contributed by atoms with Crippen molar-refractivity contribution < 1.29 is 18.3 Å². The van der Waals surface area contributed by atoms with Crippen LogP contribution in [0.1, 0.15) is 21.5 Å². The van der Waals surface area contributed by atoms with Crippen LogP contribution in [-0.4, -0.2) is 18.8 Å². The highest BCUT2D eigenvalue weighted by Crippen LogP contribution is 2.24. The summed E-state index contributed by atoms with van der Waals surface area (Å²) in [6.07, 6.45) is 0. The summed E-state index contributed by atoms with van der Waals surface area (Å²) in [5, 5.41) is 0. The average Bonchev–Trinajstić information content (AvgIpc) is 2.66. The zero-order valence-corrected chi connectivity index (χ0v) is 13.9. The van der Waals surface area contributed by atoms with E-state index in [1.807, 2.05) is 60.7 Å². The lowest BCUT2D eigenvalue weighted by atomic mass is 10.0. The van der Waals surface area contributed by atoms with Gasteiger partial charge in [0.15, 0.2) is 0 Å². The number of carbonyl (C=O) groups excluding carboxylic acids is 1. The molecule has 0 heterocycles. The Morgan fingerprint density at radius 2 is 1.31 bits per heavy atom. The maximum Gasteiger partial charge on any atom is 0.343 e. The van der Waals surface area contributed by atoms with Crippen molar-refractivity contribution in [3.8, 4) is 0 Å². The number of halogens is 2. The standard InChI is InChI=1S/C21H15F2NO2/c1-26-21(25)19-17(22)12-16(13-18(19)23)24-20(14-8-4-2-5-9-14)15-10-6-3-7-11-15/h2-13H,1H3. The number of carbonyl (C=O) groups is 1. The second kappa shape index (κ2) is 7.70. The molecule has 0 spiro atoms. The Hall–Kier alpha value is -3.34. The molecule has 0 unspecified atom stereocenters. The molecule has 3 aromatic carbocycles. The van der Waals surface area contributed by atoms with Gasteiger partial charge in [0, 0.05) is 23.3 Å². The molecule has 0 saturated heterocycles. The van der Waals surface area contributed by atoms with E-state index in [1.54, 1.807) is 0 Å². The fraction of sp³-hybridized carbons (Fsp3) is 0.0476. The lowest BCUT2D eigenvalue weighted by Gasteiger charge is -2.09. The summed E-state index contributed by atoms with van der Waals surface area (Å²) in [4.78, 5) is 15.9. The van der Waals surface area contributed by atoms with Crippen molar-refractivity contribution in [1.29, 1.82) is 0 Å². The number of rotatable bonds is 4. The van der Waals surface area contributed by atoms with Crippen LogP contribution < -0.4 is 0 Å². The normalized spacial score (nSPS) is 10.3. The highest BCUT2D eigenvalue weighted by Gasteiger charge is 2.19. The summed E-state index contributed by atoms with van der Waals surface area (Å²) in [6, 6.07) is 20.6. The number of aliphatic imine (C=N–C) groups is 1. The van der Waals surface area contributed by atoms with Gasteiger partial charge in [0.2, 0.25) is 0 Å². The van der Waals surface area contributed by atoms with Crippen molar-refractivity contribution in [3.05, 3.63) is 101 Å². The number of esters is 1. The van der Waals surface area contributed by atoms with Crippen LogP contribution in [0.3, 0.4) is 0 Å².